The Labute approximate surface area is 120 Å². The zero-order valence-corrected chi connectivity index (χ0v) is 13.2. The van der Waals surface area contributed by atoms with Gasteiger partial charge in [-0.2, -0.15) is 0 Å². The molecule has 0 unspecified atom stereocenters. The van der Waals surface area contributed by atoms with Crippen molar-refractivity contribution in [2.75, 3.05) is 13.2 Å². The molecule has 5 nitrogen and oxygen atoms in total. The van der Waals surface area contributed by atoms with E-state index in [0.29, 0.717) is 30.3 Å². The molecule has 0 atom stereocenters. The summed E-state index contributed by atoms with van der Waals surface area (Å²) in [4.78, 5) is 20.7. The van der Waals surface area contributed by atoms with E-state index in [1.54, 1.807) is 6.92 Å². The highest BCUT2D eigenvalue weighted by atomic mass is 16.5. The van der Waals surface area contributed by atoms with Crippen molar-refractivity contribution in [1.82, 2.24) is 9.97 Å². The molecule has 0 aromatic carbocycles. The van der Waals surface area contributed by atoms with Gasteiger partial charge in [0.15, 0.2) is 5.82 Å². The van der Waals surface area contributed by atoms with Crippen molar-refractivity contribution in [1.29, 1.82) is 0 Å². The van der Waals surface area contributed by atoms with Crippen LogP contribution in [0.15, 0.2) is 6.20 Å². The quantitative estimate of drug-likeness (QED) is 0.749. The number of ether oxygens (including phenoxy) is 2. The summed E-state index contributed by atoms with van der Waals surface area (Å²) in [6.07, 6.45) is 1.54. The zero-order chi connectivity index (χ0) is 15.3. The molecule has 0 N–H and O–H groups in total. The summed E-state index contributed by atoms with van der Waals surface area (Å²) >= 11 is 0. The van der Waals surface area contributed by atoms with E-state index in [2.05, 4.69) is 9.97 Å². The number of hydrogen-bond donors (Lipinski definition) is 0. The van der Waals surface area contributed by atoms with Crippen LogP contribution < -0.4 is 0 Å². The molecule has 0 saturated carbocycles. The predicted octanol–water partition coefficient (Wildman–Crippen LogP) is 3.05. The van der Waals surface area contributed by atoms with Crippen molar-refractivity contribution < 1.29 is 14.3 Å². The Morgan fingerprint density at radius 3 is 2.45 bits per heavy atom. The largest absolute Gasteiger partial charge is 0.462 e. The van der Waals surface area contributed by atoms with Crippen molar-refractivity contribution >= 4 is 5.97 Å². The van der Waals surface area contributed by atoms with Crippen LogP contribution in [0.5, 0.6) is 0 Å². The normalized spacial score (nSPS) is 11.8. The minimum atomic E-state index is -0.578. The van der Waals surface area contributed by atoms with Crippen LogP contribution in [0.25, 0.3) is 0 Å². The maximum atomic E-state index is 11.9. The molecule has 0 saturated heterocycles. The van der Waals surface area contributed by atoms with Crippen LogP contribution >= 0.6 is 0 Å². The Hall–Kier alpha value is -1.49. The summed E-state index contributed by atoms with van der Waals surface area (Å²) in [6, 6.07) is 0. The molecule has 0 aliphatic heterocycles. The number of aromatic nitrogens is 2. The van der Waals surface area contributed by atoms with Gasteiger partial charge in [0.25, 0.3) is 0 Å². The maximum Gasteiger partial charge on any atom is 0.341 e. The van der Waals surface area contributed by atoms with Gasteiger partial charge in [-0.1, -0.05) is 13.8 Å². The van der Waals surface area contributed by atoms with Crippen LogP contribution in [0.4, 0.5) is 0 Å². The van der Waals surface area contributed by atoms with Crippen molar-refractivity contribution in [2.45, 2.75) is 53.1 Å². The zero-order valence-electron chi connectivity index (χ0n) is 13.2. The topological polar surface area (TPSA) is 61.3 Å². The monoisotopic (exact) mass is 280 g/mol. The molecule has 5 heteroatoms. The molecule has 0 fully saturated rings. The Balaban J connectivity index is 3.23. The maximum absolute atomic E-state index is 11.9. The molecule has 0 spiro atoms. The van der Waals surface area contributed by atoms with Gasteiger partial charge in [0.05, 0.1) is 17.9 Å². The van der Waals surface area contributed by atoms with E-state index in [-0.39, 0.29) is 11.9 Å². The highest BCUT2D eigenvalue weighted by Crippen LogP contribution is 2.25. The Bertz CT molecular complexity index is 470. The second kappa shape index (κ2) is 6.79. The highest BCUT2D eigenvalue weighted by molar-refractivity contribution is 5.90. The van der Waals surface area contributed by atoms with E-state index in [0.717, 1.165) is 0 Å². The lowest BCUT2D eigenvalue weighted by molar-refractivity contribution is -0.0210. The van der Waals surface area contributed by atoms with Gasteiger partial charge in [-0.3, -0.25) is 0 Å². The third-order valence-electron chi connectivity index (χ3n) is 2.90. The summed E-state index contributed by atoms with van der Waals surface area (Å²) in [7, 11) is 0. The molecule has 20 heavy (non-hydrogen) atoms. The van der Waals surface area contributed by atoms with Gasteiger partial charge in [-0.05, 0) is 33.6 Å². The summed E-state index contributed by atoms with van der Waals surface area (Å²) in [5.41, 5.74) is 0.546. The fourth-order valence-electron chi connectivity index (χ4n) is 1.92. The minimum Gasteiger partial charge on any atom is -0.462 e. The predicted molar refractivity (Wildman–Crippen MR) is 76.7 cm³/mol. The fraction of sp³-hybridized carbons (Fsp3) is 0.667. The summed E-state index contributed by atoms with van der Waals surface area (Å²) in [5.74, 6) is 0.307. The number of rotatable bonds is 6. The Morgan fingerprint density at radius 1 is 1.30 bits per heavy atom. The SMILES string of the molecule is CCOC(=O)c1cnc(C(C)(C)OCC)nc1C(C)C. The van der Waals surface area contributed by atoms with Crippen molar-refractivity contribution in [3.8, 4) is 0 Å². The molecule has 0 aliphatic rings. The molecule has 1 aromatic heterocycles. The van der Waals surface area contributed by atoms with E-state index in [1.165, 1.54) is 6.20 Å². The number of nitrogens with zero attached hydrogens (tertiary/aromatic N) is 2. The van der Waals surface area contributed by atoms with Crippen LogP contribution in [0.3, 0.4) is 0 Å². The molecule has 0 aliphatic carbocycles. The lowest BCUT2D eigenvalue weighted by Gasteiger charge is -2.24. The molecule has 1 rings (SSSR count). The molecule has 112 valence electrons. The third kappa shape index (κ3) is 3.76. The molecular weight excluding hydrogens is 256 g/mol. The number of hydrogen-bond acceptors (Lipinski definition) is 5. The van der Waals surface area contributed by atoms with Gasteiger partial charge in [0.1, 0.15) is 5.60 Å². The van der Waals surface area contributed by atoms with Gasteiger partial charge in [0.2, 0.25) is 0 Å². The van der Waals surface area contributed by atoms with E-state index in [4.69, 9.17) is 9.47 Å². The third-order valence-corrected chi connectivity index (χ3v) is 2.90. The van der Waals surface area contributed by atoms with Gasteiger partial charge < -0.3 is 9.47 Å². The van der Waals surface area contributed by atoms with E-state index >= 15 is 0 Å². The van der Waals surface area contributed by atoms with Crippen LogP contribution in [0.2, 0.25) is 0 Å². The smallest absolute Gasteiger partial charge is 0.341 e. The Morgan fingerprint density at radius 2 is 1.95 bits per heavy atom. The fourth-order valence-corrected chi connectivity index (χ4v) is 1.92. The first-order valence-corrected chi connectivity index (χ1v) is 7.02. The molecule has 1 aromatic rings. The first-order chi connectivity index (χ1) is 9.33. The van der Waals surface area contributed by atoms with Crippen LogP contribution in [-0.4, -0.2) is 29.2 Å². The summed E-state index contributed by atoms with van der Waals surface area (Å²) in [6.45, 7) is 12.4. The number of carbonyl (C=O) groups excluding carboxylic acids is 1. The standard InChI is InChI=1S/C15H24N2O3/c1-7-19-13(18)11-9-16-14(15(5,6)20-8-2)17-12(11)10(3)4/h9-10H,7-8H2,1-6H3. The highest BCUT2D eigenvalue weighted by Gasteiger charge is 2.27. The van der Waals surface area contributed by atoms with Crippen molar-refractivity contribution in [3.63, 3.8) is 0 Å². The second-order valence-corrected chi connectivity index (χ2v) is 5.31. The molecule has 0 radical (unpaired) electrons. The van der Waals surface area contributed by atoms with E-state index in [9.17, 15) is 4.79 Å². The summed E-state index contributed by atoms with van der Waals surface area (Å²) < 4.78 is 10.7. The second-order valence-electron chi connectivity index (χ2n) is 5.31. The average molecular weight is 280 g/mol. The first kappa shape index (κ1) is 16.6. The number of esters is 1. The van der Waals surface area contributed by atoms with Crippen LogP contribution in [-0.2, 0) is 15.1 Å². The summed E-state index contributed by atoms with van der Waals surface area (Å²) in [5, 5.41) is 0. The van der Waals surface area contributed by atoms with Gasteiger partial charge in [-0.15, -0.1) is 0 Å². The number of carbonyl (C=O) groups is 1. The Kier molecular flexibility index (Phi) is 5.62. The van der Waals surface area contributed by atoms with E-state index in [1.807, 2.05) is 34.6 Å². The molecule has 1 heterocycles. The lowest BCUT2D eigenvalue weighted by Crippen LogP contribution is -2.26. The van der Waals surface area contributed by atoms with Crippen molar-refractivity contribution in [2.24, 2.45) is 0 Å². The lowest BCUT2D eigenvalue weighted by atomic mass is 10.0. The first-order valence-electron chi connectivity index (χ1n) is 7.02. The molecular formula is C15H24N2O3. The van der Waals surface area contributed by atoms with Gasteiger partial charge in [0, 0.05) is 12.8 Å². The van der Waals surface area contributed by atoms with Crippen molar-refractivity contribution in [3.05, 3.63) is 23.3 Å². The molecule has 0 amide bonds. The van der Waals surface area contributed by atoms with Gasteiger partial charge in [-0.25, -0.2) is 14.8 Å². The average Bonchev–Trinajstić information content (AvgIpc) is 2.38. The van der Waals surface area contributed by atoms with Crippen LogP contribution in [0, 0.1) is 0 Å². The van der Waals surface area contributed by atoms with Gasteiger partial charge >= 0.3 is 5.97 Å². The minimum absolute atomic E-state index is 0.105. The van der Waals surface area contributed by atoms with Crippen LogP contribution in [0.1, 0.15) is 69.3 Å². The molecule has 0 bridgehead atoms. The van der Waals surface area contributed by atoms with E-state index < -0.39 is 5.60 Å².